The number of thiazole rings is 1. The number of hydrogen-bond donors (Lipinski definition) is 1. The maximum atomic E-state index is 12.6. The zero-order chi connectivity index (χ0) is 23.7. The van der Waals surface area contributed by atoms with Gasteiger partial charge in [0.05, 0.1) is 20.0 Å². The normalized spacial score (nSPS) is 14.7. The van der Waals surface area contributed by atoms with Crippen LogP contribution >= 0.6 is 22.7 Å². The van der Waals surface area contributed by atoms with E-state index in [1.807, 2.05) is 0 Å². The van der Waals surface area contributed by atoms with Gasteiger partial charge in [-0.1, -0.05) is 30.4 Å². The van der Waals surface area contributed by atoms with Crippen molar-refractivity contribution < 1.29 is 9.72 Å². The lowest BCUT2D eigenvalue weighted by Crippen LogP contribution is -2.48. The summed E-state index contributed by atoms with van der Waals surface area (Å²) in [6.07, 6.45) is 0.988. The molecule has 0 spiro atoms. The number of thiophene rings is 1. The van der Waals surface area contributed by atoms with Crippen LogP contribution in [0.15, 0.2) is 42.5 Å². The standard InChI is InChI=1S/C24H25N5O3S2/c1-2-16-4-3-5-20-22(16)26-24(34-20)28-12-10-27(11-13-28)9-8-25-23(30)21-15-17-14-18(29(31)32)6-7-19(17)33-21/h3-7,14-15H,2,8-13H2,1H3,(H,25,30). The molecule has 176 valence electrons. The zero-order valence-electron chi connectivity index (χ0n) is 18.8. The number of para-hydroxylation sites is 1. The largest absolute Gasteiger partial charge is 0.350 e. The molecule has 1 fully saturated rings. The second-order valence-electron chi connectivity index (χ2n) is 8.29. The van der Waals surface area contributed by atoms with Crippen molar-refractivity contribution in [3.8, 4) is 0 Å². The van der Waals surface area contributed by atoms with Gasteiger partial charge in [-0.3, -0.25) is 19.8 Å². The number of nitro groups is 1. The Morgan fingerprint density at radius 1 is 1.12 bits per heavy atom. The third kappa shape index (κ3) is 4.61. The second kappa shape index (κ2) is 9.65. The molecule has 1 amide bonds. The summed E-state index contributed by atoms with van der Waals surface area (Å²) in [6, 6.07) is 12.8. The molecule has 0 radical (unpaired) electrons. The van der Waals surface area contributed by atoms with Crippen LogP contribution in [0.2, 0.25) is 0 Å². The van der Waals surface area contributed by atoms with Crippen molar-refractivity contribution in [2.45, 2.75) is 13.3 Å². The number of benzene rings is 2. The number of nitrogens with zero attached hydrogens (tertiary/aromatic N) is 4. The van der Waals surface area contributed by atoms with Gasteiger partial charge >= 0.3 is 0 Å². The number of piperazine rings is 1. The molecule has 2 aromatic heterocycles. The first kappa shape index (κ1) is 22.7. The van der Waals surface area contributed by atoms with E-state index in [0.717, 1.165) is 59.9 Å². The van der Waals surface area contributed by atoms with Crippen LogP contribution in [0.1, 0.15) is 22.2 Å². The topological polar surface area (TPSA) is 91.6 Å². The van der Waals surface area contributed by atoms with Gasteiger partial charge in [0.2, 0.25) is 0 Å². The molecule has 3 heterocycles. The van der Waals surface area contributed by atoms with Crippen LogP contribution in [0.5, 0.6) is 0 Å². The number of aromatic nitrogens is 1. The molecule has 0 aliphatic carbocycles. The second-order valence-corrected chi connectivity index (χ2v) is 10.4. The average molecular weight is 496 g/mol. The molecule has 1 aliphatic rings. The van der Waals surface area contributed by atoms with Gasteiger partial charge < -0.3 is 10.2 Å². The fraction of sp³-hybridized carbons (Fsp3) is 0.333. The van der Waals surface area contributed by atoms with Crippen LogP contribution in [0, 0.1) is 10.1 Å². The fourth-order valence-electron chi connectivity index (χ4n) is 4.25. The summed E-state index contributed by atoms with van der Waals surface area (Å²) in [5, 5.41) is 15.8. The SMILES string of the molecule is CCc1cccc2sc(N3CCN(CCNC(=O)c4cc5cc([N+](=O)[O-])ccc5s4)CC3)nc12. The fourth-order valence-corrected chi connectivity index (χ4v) is 6.27. The molecule has 34 heavy (non-hydrogen) atoms. The Balaban J connectivity index is 1.12. The molecule has 8 nitrogen and oxygen atoms in total. The Kier molecular flexibility index (Phi) is 6.44. The predicted molar refractivity (Wildman–Crippen MR) is 138 cm³/mol. The van der Waals surface area contributed by atoms with Gasteiger partial charge in [-0.15, -0.1) is 11.3 Å². The van der Waals surface area contributed by atoms with Gasteiger partial charge in [-0.2, -0.15) is 0 Å². The molecule has 1 aliphatic heterocycles. The summed E-state index contributed by atoms with van der Waals surface area (Å²) >= 11 is 3.11. The van der Waals surface area contributed by atoms with Crippen molar-refractivity contribution in [3.63, 3.8) is 0 Å². The van der Waals surface area contributed by atoms with Crippen molar-refractivity contribution in [2.75, 3.05) is 44.2 Å². The number of nitro benzene ring substituents is 1. The minimum Gasteiger partial charge on any atom is -0.350 e. The van der Waals surface area contributed by atoms with Gasteiger partial charge in [-0.05, 0) is 30.2 Å². The predicted octanol–water partition coefficient (Wildman–Crippen LogP) is 4.53. The van der Waals surface area contributed by atoms with Gasteiger partial charge in [0.25, 0.3) is 11.6 Å². The highest BCUT2D eigenvalue weighted by molar-refractivity contribution is 7.22. The smallest absolute Gasteiger partial charge is 0.270 e. The van der Waals surface area contributed by atoms with E-state index in [2.05, 4.69) is 40.2 Å². The lowest BCUT2D eigenvalue weighted by atomic mass is 10.1. The highest BCUT2D eigenvalue weighted by Gasteiger charge is 2.20. The van der Waals surface area contributed by atoms with Gasteiger partial charge in [0.15, 0.2) is 5.13 Å². The number of carbonyl (C=O) groups excluding carboxylic acids is 1. The minimum atomic E-state index is -0.421. The first-order chi connectivity index (χ1) is 16.5. The van der Waals surface area contributed by atoms with Crippen LogP contribution in [0.3, 0.4) is 0 Å². The first-order valence-corrected chi connectivity index (χ1v) is 13.0. The Bertz CT molecular complexity index is 1360. The van der Waals surface area contributed by atoms with Gasteiger partial charge in [-0.25, -0.2) is 4.98 Å². The van der Waals surface area contributed by atoms with Crippen molar-refractivity contribution in [2.24, 2.45) is 0 Å². The van der Waals surface area contributed by atoms with Gasteiger partial charge in [0, 0.05) is 61.5 Å². The van der Waals surface area contributed by atoms with Crippen LogP contribution in [0.25, 0.3) is 20.3 Å². The Hall–Kier alpha value is -3.08. The number of amides is 1. The highest BCUT2D eigenvalue weighted by Crippen LogP contribution is 2.32. The number of rotatable bonds is 7. The molecule has 2 aromatic carbocycles. The molecule has 5 rings (SSSR count). The average Bonchev–Trinajstić information content (AvgIpc) is 3.48. The molecule has 0 unspecified atom stereocenters. The molecular formula is C24H25N5O3S2. The molecule has 0 saturated carbocycles. The Labute approximate surface area is 205 Å². The Morgan fingerprint density at radius 3 is 2.71 bits per heavy atom. The number of hydrogen-bond acceptors (Lipinski definition) is 8. The summed E-state index contributed by atoms with van der Waals surface area (Å²) in [6.45, 7) is 7.22. The van der Waals surface area contributed by atoms with Crippen molar-refractivity contribution in [3.05, 3.63) is 63.0 Å². The molecule has 4 aromatic rings. The minimum absolute atomic E-state index is 0.0352. The maximum absolute atomic E-state index is 12.6. The van der Waals surface area contributed by atoms with E-state index in [0.29, 0.717) is 11.4 Å². The van der Waals surface area contributed by atoms with E-state index in [-0.39, 0.29) is 11.6 Å². The summed E-state index contributed by atoms with van der Waals surface area (Å²) in [7, 11) is 0. The summed E-state index contributed by atoms with van der Waals surface area (Å²) in [5.41, 5.74) is 2.46. The van der Waals surface area contributed by atoms with Crippen molar-refractivity contribution in [1.82, 2.24) is 15.2 Å². The zero-order valence-corrected chi connectivity index (χ0v) is 20.5. The lowest BCUT2D eigenvalue weighted by molar-refractivity contribution is -0.384. The van der Waals surface area contributed by atoms with Crippen molar-refractivity contribution in [1.29, 1.82) is 0 Å². The number of nitrogens with one attached hydrogen (secondary N) is 1. The monoisotopic (exact) mass is 495 g/mol. The molecule has 1 N–H and O–H groups in total. The van der Waals surface area contributed by atoms with E-state index in [1.54, 1.807) is 23.5 Å². The Morgan fingerprint density at radius 2 is 1.94 bits per heavy atom. The molecule has 10 heteroatoms. The lowest BCUT2D eigenvalue weighted by Gasteiger charge is -2.34. The number of aryl methyl sites for hydroxylation is 1. The third-order valence-electron chi connectivity index (χ3n) is 6.16. The van der Waals surface area contributed by atoms with E-state index < -0.39 is 4.92 Å². The van der Waals surface area contributed by atoms with Crippen LogP contribution < -0.4 is 10.2 Å². The van der Waals surface area contributed by atoms with E-state index >= 15 is 0 Å². The molecule has 0 atom stereocenters. The number of fused-ring (bicyclic) bond motifs is 2. The maximum Gasteiger partial charge on any atom is 0.270 e. The van der Waals surface area contributed by atoms with Crippen molar-refractivity contribution >= 4 is 59.7 Å². The van der Waals surface area contributed by atoms with Gasteiger partial charge in [0.1, 0.15) is 0 Å². The molecular weight excluding hydrogens is 470 g/mol. The quantitative estimate of drug-likeness (QED) is 0.299. The number of non-ortho nitro benzene ring substituents is 1. The summed E-state index contributed by atoms with van der Waals surface area (Å²) in [5.74, 6) is -0.135. The number of anilines is 1. The number of carbonyl (C=O) groups is 1. The first-order valence-electron chi connectivity index (χ1n) is 11.3. The molecule has 0 bridgehead atoms. The van der Waals surface area contributed by atoms with Crippen LogP contribution in [-0.4, -0.2) is 60.0 Å². The van der Waals surface area contributed by atoms with Crippen LogP contribution in [0.4, 0.5) is 10.8 Å². The van der Waals surface area contributed by atoms with Crippen LogP contribution in [-0.2, 0) is 6.42 Å². The highest BCUT2D eigenvalue weighted by atomic mass is 32.1. The van der Waals surface area contributed by atoms with E-state index in [9.17, 15) is 14.9 Å². The van der Waals surface area contributed by atoms with E-state index in [4.69, 9.17) is 4.98 Å². The molecule has 1 saturated heterocycles. The summed E-state index contributed by atoms with van der Waals surface area (Å²) in [4.78, 5) is 33.3. The third-order valence-corrected chi connectivity index (χ3v) is 8.36. The summed E-state index contributed by atoms with van der Waals surface area (Å²) < 4.78 is 2.11. The van der Waals surface area contributed by atoms with E-state index in [1.165, 1.54) is 33.7 Å².